The summed E-state index contributed by atoms with van der Waals surface area (Å²) in [5, 5.41) is 24.0. The van der Waals surface area contributed by atoms with Crippen molar-refractivity contribution in [1.82, 2.24) is 34.9 Å². The number of benzene rings is 2. The summed E-state index contributed by atoms with van der Waals surface area (Å²) in [5.74, 6) is 0.249. The minimum Gasteiger partial charge on any atom is -0.411 e. The van der Waals surface area contributed by atoms with Gasteiger partial charge in [-0.25, -0.2) is 19.3 Å². The van der Waals surface area contributed by atoms with Crippen molar-refractivity contribution in [1.29, 1.82) is 0 Å². The van der Waals surface area contributed by atoms with Crippen molar-refractivity contribution in [3.8, 4) is 22.6 Å². The Kier molecular flexibility index (Phi) is 9.24. The van der Waals surface area contributed by atoms with E-state index in [0.29, 0.717) is 43.4 Å². The van der Waals surface area contributed by atoms with Gasteiger partial charge in [0.15, 0.2) is 5.82 Å². The number of anilines is 2. The lowest BCUT2D eigenvalue weighted by molar-refractivity contribution is -0.134. The number of carbonyl (C=O) groups is 2. The van der Waals surface area contributed by atoms with Crippen LogP contribution in [0.3, 0.4) is 0 Å². The van der Waals surface area contributed by atoms with E-state index in [1.165, 1.54) is 18.3 Å². The van der Waals surface area contributed by atoms with E-state index in [0.717, 1.165) is 27.8 Å². The van der Waals surface area contributed by atoms with Crippen LogP contribution in [0.2, 0.25) is 0 Å². The van der Waals surface area contributed by atoms with Gasteiger partial charge in [-0.15, -0.1) is 11.7 Å². The van der Waals surface area contributed by atoms with Crippen molar-refractivity contribution in [2.45, 2.75) is 13.0 Å². The van der Waals surface area contributed by atoms with Crippen LogP contribution in [0, 0.1) is 17.2 Å². The number of hydrogen-bond donors (Lipinski definition) is 3. The fraction of sp³-hybridized carbons (Fsp3) is 0.270. The second-order valence-electron chi connectivity index (χ2n) is 13.1. The molecule has 3 atom stereocenters. The number of fused-ring (bicyclic) bond motifs is 1. The number of hydrogen-bond acceptors (Lipinski definition) is 10. The van der Waals surface area contributed by atoms with E-state index in [9.17, 15) is 19.2 Å². The maximum absolute atomic E-state index is 13.9. The van der Waals surface area contributed by atoms with Crippen LogP contribution in [-0.4, -0.2) is 103 Å². The van der Waals surface area contributed by atoms with Crippen molar-refractivity contribution < 1.29 is 19.2 Å². The number of aromatic nitrogens is 5. The van der Waals surface area contributed by atoms with Gasteiger partial charge >= 0.3 is 0 Å². The Labute approximate surface area is 293 Å². The summed E-state index contributed by atoms with van der Waals surface area (Å²) >= 11 is 0. The number of oxime groups is 1. The van der Waals surface area contributed by atoms with E-state index in [1.54, 1.807) is 48.9 Å². The number of nitrogens with zero attached hydrogens (tertiary/aromatic N) is 8. The Morgan fingerprint density at radius 2 is 1.86 bits per heavy atom. The van der Waals surface area contributed by atoms with Gasteiger partial charge in [0.25, 0.3) is 0 Å². The zero-order valence-corrected chi connectivity index (χ0v) is 28.0. The van der Waals surface area contributed by atoms with Gasteiger partial charge in [-0.2, -0.15) is 5.10 Å². The molecular weight excluding hydrogens is 651 g/mol. The average molecular weight is 689 g/mol. The Morgan fingerprint density at radius 3 is 2.59 bits per heavy atom. The first-order valence-corrected chi connectivity index (χ1v) is 16.6. The molecule has 3 aromatic heterocycles. The molecule has 5 aromatic rings. The summed E-state index contributed by atoms with van der Waals surface area (Å²) in [5.41, 5.74) is 2.50. The van der Waals surface area contributed by atoms with E-state index in [4.69, 9.17) is 0 Å². The molecule has 0 radical (unpaired) electrons. The highest BCUT2D eigenvalue weighted by atomic mass is 19.1. The fourth-order valence-corrected chi connectivity index (χ4v) is 6.94. The molecule has 2 amide bonds. The van der Waals surface area contributed by atoms with Gasteiger partial charge in [0, 0.05) is 85.6 Å². The summed E-state index contributed by atoms with van der Waals surface area (Å²) in [4.78, 5) is 46.7. The number of piperazine rings is 1. The minimum atomic E-state index is -1.00. The van der Waals surface area contributed by atoms with E-state index < -0.39 is 11.3 Å². The van der Waals surface area contributed by atoms with Gasteiger partial charge < -0.3 is 20.3 Å². The number of amides is 2. The highest BCUT2D eigenvalue weighted by molar-refractivity contribution is 6.01. The van der Waals surface area contributed by atoms with Crippen LogP contribution in [-0.2, 0) is 9.59 Å². The van der Waals surface area contributed by atoms with Crippen molar-refractivity contribution in [3.05, 3.63) is 97.7 Å². The second-order valence-corrected chi connectivity index (χ2v) is 13.1. The summed E-state index contributed by atoms with van der Waals surface area (Å²) in [6.07, 6.45) is 8.27. The maximum Gasteiger partial charge on any atom is 0.237 e. The van der Waals surface area contributed by atoms with E-state index >= 15 is 0 Å². The number of halogens is 1. The number of carbonyl (C=O) groups excluding carboxylic acids is 2. The summed E-state index contributed by atoms with van der Waals surface area (Å²) in [6, 6.07) is 16.9. The predicted octanol–water partition coefficient (Wildman–Crippen LogP) is 4.46. The molecule has 13 nitrogen and oxygen atoms in total. The zero-order chi connectivity index (χ0) is 35.5. The van der Waals surface area contributed by atoms with Crippen LogP contribution in [0.4, 0.5) is 15.9 Å². The number of likely N-dealkylation sites (tertiary alicyclic amines) is 1. The Hall–Kier alpha value is -6.02. The largest absolute Gasteiger partial charge is 0.411 e. The summed E-state index contributed by atoms with van der Waals surface area (Å²) in [7, 11) is 0. The third kappa shape index (κ3) is 6.77. The van der Waals surface area contributed by atoms with Crippen LogP contribution in [0.5, 0.6) is 0 Å². The molecule has 2 aliphatic heterocycles. The van der Waals surface area contributed by atoms with Crippen molar-refractivity contribution in [2.75, 3.05) is 49.5 Å². The maximum atomic E-state index is 13.9. The Bertz CT molecular complexity index is 2070. The molecule has 0 bridgehead atoms. The van der Waals surface area contributed by atoms with Crippen LogP contribution in [0.1, 0.15) is 6.92 Å². The average Bonchev–Trinajstić information content (AvgIpc) is 3.72. The molecule has 0 spiro atoms. The monoisotopic (exact) mass is 688 g/mol. The molecule has 0 aliphatic carbocycles. The lowest BCUT2D eigenvalue weighted by Crippen LogP contribution is -2.56. The van der Waals surface area contributed by atoms with Gasteiger partial charge in [-0.1, -0.05) is 6.08 Å². The molecule has 5 heterocycles. The van der Waals surface area contributed by atoms with Gasteiger partial charge in [-0.05, 0) is 67.6 Å². The molecule has 7 rings (SSSR count). The highest BCUT2D eigenvalue weighted by Crippen LogP contribution is 2.37. The van der Waals surface area contributed by atoms with Crippen molar-refractivity contribution in [3.63, 3.8) is 0 Å². The quantitative estimate of drug-likeness (QED) is 0.0881. The Balaban J connectivity index is 1.01. The number of rotatable bonds is 9. The molecule has 260 valence electrons. The van der Waals surface area contributed by atoms with E-state index in [1.807, 2.05) is 41.0 Å². The molecule has 2 fully saturated rings. The van der Waals surface area contributed by atoms with Gasteiger partial charge in [0.1, 0.15) is 11.6 Å². The predicted molar refractivity (Wildman–Crippen MR) is 192 cm³/mol. The third-order valence-electron chi connectivity index (χ3n) is 9.79. The first kappa shape index (κ1) is 33.5. The normalized spacial score (nSPS) is 21.0. The van der Waals surface area contributed by atoms with Gasteiger partial charge in [0.05, 0.1) is 29.2 Å². The van der Waals surface area contributed by atoms with Crippen molar-refractivity contribution >= 4 is 40.4 Å². The Morgan fingerprint density at radius 1 is 1.08 bits per heavy atom. The molecule has 2 saturated heterocycles. The standard InChI is InChI=1S/C37H37FN10O3/c1-3-29-21-47(32-12-7-25(18-41-32)35-39-13-4-14-40-35)15-16-48(29)33(49)22-46-20-26(19-42-51)37(2,23-46)36(50)43-28-10-11-31-30(17-28)34(45-44-31)24-5-8-27(38)9-6-24/h3-14,17-19,26,29,51H,1,15-16,20-23H2,2H3,(H,43,50)(H,44,45)/b42-19-/t26?,29-,37?/m1/s1. The second kappa shape index (κ2) is 14.1. The molecule has 2 unspecified atom stereocenters. The zero-order valence-electron chi connectivity index (χ0n) is 28.0. The van der Waals surface area contributed by atoms with Crippen LogP contribution < -0.4 is 10.2 Å². The van der Waals surface area contributed by atoms with Crippen LogP contribution in [0.15, 0.2) is 97.1 Å². The van der Waals surface area contributed by atoms with Crippen LogP contribution >= 0.6 is 0 Å². The SMILES string of the molecule is C=C[C@@H]1CN(c2ccc(-c3ncccn3)cn2)CCN1C(=O)CN1CC(/C=N\O)C(C)(C(=O)Nc2ccc3[nH]nc(-c4ccc(F)cc4)c3c2)C1. The number of H-pyrrole nitrogens is 1. The highest BCUT2D eigenvalue weighted by Gasteiger charge is 2.48. The van der Waals surface area contributed by atoms with E-state index in [2.05, 4.69) is 47.1 Å². The lowest BCUT2D eigenvalue weighted by Gasteiger charge is -2.41. The number of aromatic amines is 1. The lowest BCUT2D eigenvalue weighted by atomic mass is 9.79. The topological polar surface area (TPSA) is 156 Å². The van der Waals surface area contributed by atoms with Gasteiger partial charge in [0.2, 0.25) is 11.8 Å². The summed E-state index contributed by atoms with van der Waals surface area (Å²) in [6.45, 7) is 8.14. The first-order valence-electron chi connectivity index (χ1n) is 16.6. The number of pyridine rings is 1. The van der Waals surface area contributed by atoms with E-state index in [-0.39, 0.29) is 36.8 Å². The fourth-order valence-electron chi connectivity index (χ4n) is 6.94. The molecular formula is C37H37FN10O3. The molecule has 51 heavy (non-hydrogen) atoms. The molecule has 14 heteroatoms. The molecule has 3 N–H and O–H groups in total. The number of nitrogens with one attached hydrogen (secondary N) is 2. The third-order valence-corrected chi connectivity index (χ3v) is 9.79. The van der Waals surface area contributed by atoms with Gasteiger partial charge in [-0.3, -0.25) is 19.6 Å². The smallest absolute Gasteiger partial charge is 0.237 e. The van der Waals surface area contributed by atoms with Crippen LogP contribution in [0.25, 0.3) is 33.5 Å². The minimum absolute atomic E-state index is 0.0767. The van der Waals surface area contributed by atoms with Crippen molar-refractivity contribution in [2.24, 2.45) is 16.5 Å². The first-order chi connectivity index (χ1) is 24.7. The molecule has 2 aromatic carbocycles. The summed E-state index contributed by atoms with van der Waals surface area (Å²) < 4.78 is 13.5. The molecule has 2 aliphatic rings. The molecule has 0 saturated carbocycles.